The van der Waals surface area contributed by atoms with E-state index < -0.39 is 5.91 Å². The highest BCUT2D eigenvalue weighted by Crippen LogP contribution is 2.31. The van der Waals surface area contributed by atoms with Crippen LogP contribution in [0.5, 0.6) is 5.75 Å². The Bertz CT molecular complexity index is 641. The van der Waals surface area contributed by atoms with Crippen molar-refractivity contribution in [3.05, 3.63) is 58.1 Å². The number of halogens is 1. The third-order valence-electron chi connectivity index (χ3n) is 3.28. The van der Waals surface area contributed by atoms with E-state index in [4.69, 9.17) is 5.73 Å². The summed E-state index contributed by atoms with van der Waals surface area (Å²) in [6, 6.07) is 12.3. The van der Waals surface area contributed by atoms with Crippen LogP contribution in [0.3, 0.4) is 0 Å². The fourth-order valence-corrected chi connectivity index (χ4v) is 2.51. The minimum atomic E-state index is -0.446. The first kappa shape index (κ1) is 15.4. The summed E-state index contributed by atoms with van der Waals surface area (Å²) in [5, 5.41) is 13.4. The maximum Gasteiger partial charge on any atom is 0.248 e. The average molecular weight is 349 g/mol. The van der Waals surface area contributed by atoms with Crippen molar-refractivity contribution < 1.29 is 9.90 Å². The average Bonchev–Trinajstić information content (AvgIpc) is 2.48. The number of nitrogens with one attached hydrogen (secondary N) is 1. The van der Waals surface area contributed by atoms with Crippen LogP contribution in [0.4, 0.5) is 5.69 Å². The van der Waals surface area contributed by atoms with Crippen LogP contribution in [0.15, 0.2) is 46.9 Å². The van der Waals surface area contributed by atoms with Gasteiger partial charge < -0.3 is 16.2 Å². The molecule has 2 aromatic rings. The quantitative estimate of drug-likeness (QED) is 0.768. The zero-order valence-corrected chi connectivity index (χ0v) is 13.2. The first-order valence-corrected chi connectivity index (χ1v) is 7.45. The number of phenols is 1. The molecule has 5 heteroatoms. The summed E-state index contributed by atoms with van der Waals surface area (Å²) in [5.74, 6) is -0.190. The molecule has 0 saturated carbocycles. The van der Waals surface area contributed by atoms with Crippen LogP contribution >= 0.6 is 15.9 Å². The summed E-state index contributed by atoms with van der Waals surface area (Å²) < 4.78 is 0.916. The summed E-state index contributed by atoms with van der Waals surface area (Å²) in [5.41, 5.74) is 7.38. The van der Waals surface area contributed by atoms with Crippen molar-refractivity contribution in [2.75, 3.05) is 5.32 Å². The largest absolute Gasteiger partial charge is 0.508 e. The molecule has 0 heterocycles. The first-order chi connectivity index (χ1) is 10.0. The number of hydrogen-bond donors (Lipinski definition) is 3. The molecule has 0 aliphatic heterocycles. The number of hydrogen-bond acceptors (Lipinski definition) is 3. The smallest absolute Gasteiger partial charge is 0.248 e. The molecule has 0 spiro atoms. The fourth-order valence-electron chi connectivity index (χ4n) is 2.14. The SMILES string of the molecule is CCC(Nc1ccc(C(N)=O)cc1)c1cc(Br)ccc1O. The summed E-state index contributed by atoms with van der Waals surface area (Å²) in [6.07, 6.45) is 0.807. The number of nitrogens with two attached hydrogens (primary N) is 1. The van der Waals surface area contributed by atoms with Gasteiger partial charge in [-0.1, -0.05) is 22.9 Å². The van der Waals surface area contributed by atoms with Gasteiger partial charge in [-0.25, -0.2) is 0 Å². The fraction of sp³-hybridized carbons (Fsp3) is 0.188. The van der Waals surface area contributed by atoms with Crippen molar-refractivity contribution in [1.29, 1.82) is 0 Å². The van der Waals surface area contributed by atoms with Crippen LogP contribution in [0, 0.1) is 0 Å². The second-order valence-corrected chi connectivity index (χ2v) is 5.67. The number of benzene rings is 2. The number of primary amides is 1. The highest BCUT2D eigenvalue weighted by molar-refractivity contribution is 9.10. The predicted molar refractivity (Wildman–Crippen MR) is 87.4 cm³/mol. The highest BCUT2D eigenvalue weighted by Gasteiger charge is 2.14. The van der Waals surface area contributed by atoms with Gasteiger partial charge in [0.2, 0.25) is 5.91 Å². The lowest BCUT2D eigenvalue weighted by Crippen LogP contribution is -2.12. The molecule has 0 saturated heterocycles. The summed E-state index contributed by atoms with van der Waals surface area (Å²) in [4.78, 5) is 11.1. The summed E-state index contributed by atoms with van der Waals surface area (Å²) >= 11 is 3.41. The van der Waals surface area contributed by atoms with Crippen molar-refractivity contribution in [2.24, 2.45) is 5.73 Å². The summed E-state index contributed by atoms with van der Waals surface area (Å²) in [6.45, 7) is 2.04. The molecule has 1 unspecified atom stereocenters. The van der Waals surface area contributed by atoms with Crippen LogP contribution in [-0.2, 0) is 0 Å². The van der Waals surface area contributed by atoms with Crippen molar-refractivity contribution in [1.82, 2.24) is 0 Å². The highest BCUT2D eigenvalue weighted by atomic mass is 79.9. The molecule has 0 aromatic heterocycles. The normalized spacial score (nSPS) is 11.9. The van der Waals surface area contributed by atoms with Crippen molar-refractivity contribution in [2.45, 2.75) is 19.4 Å². The first-order valence-electron chi connectivity index (χ1n) is 6.66. The molecule has 0 radical (unpaired) electrons. The van der Waals surface area contributed by atoms with Gasteiger partial charge in [0.25, 0.3) is 0 Å². The zero-order chi connectivity index (χ0) is 15.4. The van der Waals surface area contributed by atoms with E-state index in [2.05, 4.69) is 21.2 Å². The minimum Gasteiger partial charge on any atom is -0.508 e. The van der Waals surface area contributed by atoms with E-state index in [-0.39, 0.29) is 11.8 Å². The molecule has 0 bridgehead atoms. The monoisotopic (exact) mass is 348 g/mol. The second-order valence-electron chi connectivity index (χ2n) is 4.75. The molecule has 0 aliphatic carbocycles. The zero-order valence-electron chi connectivity index (χ0n) is 11.6. The molecule has 1 amide bonds. The Hall–Kier alpha value is -2.01. The molecular formula is C16H17BrN2O2. The molecule has 110 valence electrons. The molecule has 0 fully saturated rings. The van der Waals surface area contributed by atoms with E-state index in [0.717, 1.165) is 22.1 Å². The van der Waals surface area contributed by atoms with Gasteiger partial charge in [-0.15, -0.1) is 0 Å². The van der Waals surface area contributed by atoms with E-state index in [9.17, 15) is 9.90 Å². The van der Waals surface area contributed by atoms with Gasteiger partial charge in [-0.3, -0.25) is 4.79 Å². The lowest BCUT2D eigenvalue weighted by molar-refractivity contribution is 0.100. The lowest BCUT2D eigenvalue weighted by Gasteiger charge is -2.20. The molecule has 2 rings (SSSR count). The van der Waals surface area contributed by atoms with Crippen LogP contribution in [0.1, 0.15) is 35.3 Å². The van der Waals surface area contributed by atoms with E-state index in [1.54, 1.807) is 36.4 Å². The van der Waals surface area contributed by atoms with Crippen LogP contribution in [0.2, 0.25) is 0 Å². The predicted octanol–water partition coefficient (Wildman–Crippen LogP) is 3.82. The Labute approximate surface area is 132 Å². The molecule has 4 nitrogen and oxygen atoms in total. The maximum atomic E-state index is 11.1. The van der Waals surface area contributed by atoms with Crippen molar-refractivity contribution in [3.8, 4) is 5.75 Å². The molecule has 0 aliphatic rings. The van der Waals surface area contributed by atoms with E-state index in [0.29, 0.717) is 5.56 Å². The van der Waals surface area contributed by atoms with Gasteiger partial charge in [0.05, 0.1) is 6.04 Å². The number of carbonyl (C=O) groups excluding carboxylic acids is 1. The van der Waals surface area contributed by atoms with Crippen molar-refractivity contribution in [3.63, 3.8) is 0 Å². The molecular weight excluding hydrogens is 332 g/mol. The topological polar surface area (TPSA) is 75.3 Å². The van der Waals surface area contributed by atoms with Gasteiger partial charge in [0.15, 0.2) is 0 Å². The number of amides is 1. The van der Waals surface area contributed by atoms with Crippen molar-refractivity contribution >= 4 is 27.5 Å². The van der Waals surface area contributed by atoms with Crippen LogP contribution < -0.4 is 11.1 Å². The number of phenolic OH excluding ortho intramolecular Hbond substituents is 1. The Balaban J connectivity index is 2.22. The number of aromatic hydroxyl groups is 1. The number of anilines is 1. The second kappa shape index (κ2) is 6.63. The third-order valence-corrected chi connectivity index (χ3v) is 3.78. The van der Waals surface area contributed by atoms with Crippen LogP contribution in [0.25, 0.3) is 0 Å². The molecule has 1 atom stereocenters. The maximum absolute atomic E-state index is 11.1. The molecule has 2 aromatic carbocycles. The summed E-state index contributed by atoms with van der Waals surface area (Å²) in [7, 11) is 0. The Kier molecular flexibility index (Phi) is 4.85. The number of carbonyl (C=O) groups is 1. The van der Waals surface area contributed by atoms with Gasteiger partial charge in [0.1, 0.15) is 5.75 Å². The van der Waals surface area contributed by atoms with E-state index in [1.165, 1.54) is 0 Å². The Morgan fingerprint density at radius 1 is 1.29 bits per heavy atom. The Morgan fingerprint density at radius 2 is 1.95 bits per heavy atom. The van der Waals surface area contributed by atoms with Gasteiger partial charge in [-0.05, 0) is 48.9 Å². The van der Waals surface area contributed by atoms with E-state index >= 15 is 0 Å². The van der Waals surface area contributed by atoms with Gasteiger partial charge in [-0.2, -0.15) is 0 Å². The van der Waals surface area contributed by atoms with E-state index in [1.807, 2.05) is 13.0 Å². The van der Waals surface area contributed by atoms with Gasteiger partial charge >= 0.3 is 0 Å². The Morgan fingerprint density at radius 3 is 2.52 bits per heavy atom. The third kappa shape index (κ3) is 3.76. The standard InChI is InChI=1S/C16H17BrN2O2/c1-2-14(13-9-11(17)5-8-15(13)20)19-12-6-3-10(4-7-12)16(18)21/h3-9,14,19-20H,2H2,1H3,(H2,18,21). The van der Waals surface area contributed by atoms with Crippen LogP contribution in [-0.4, -0.2) is 11.0 Å². The van der Waals surface area contributed by atoms with Gasteiger partial charge in [0, 0.05) is 21.3 Å². The molecule has 21 heavy (non-hydrogen) atoms. The number of rotatable bonds is 5. The lowest BCUT2D eigenvalue weighted by atomic mass is 10.0. The molecule has 4 N–H and O–H groups in total. The minimum absolute atomic E-state index is 0.0260.